The highest BCUT2D eigenvalue weighted by Crippen LogP contribution is 2.48. The Hall–Kier alpha value is -2.08. The summed E-state index contributed by atoms with van der Waals surface area (Å²) in [6.07, 6.45) is -27.6. The van der Waals surface area contributed by atoms with Crippen LogP contribution in [-0.4, -0.2) is 51.4 Å². The number of aromatic nitrogens is 3. The third-order valence-corrected chi connectivity index (χ3v) is 2.66. The summed E-state index contributed by atoms with van der Waals surface area (Å²) in [6.45, 7) is 0. The first-order chi connectivity index (χ1) is 12.6. The molecule has 29 heavy (non-hydrogen) atoms. The van der Waals surface area contributed by atoms with E-state index >= 15 is 0 Å². The fourth-order valence-corrected chi connectivity index (χ4v) is 1.36. The summed E-state index contributed by atoms with van der Waals surface area (Å²) in [4.78, 5) is 6.66. The van der Waals surface area contributed by atoms with E-state index in [1.807, 2.05) is 4.98 Å². The molecule has 0 unspecified atom stereocenters. The van der Waals surface area contributed by atoms with Gasteiger partial charge >= 0.3 is 48.4 Å². The molecule has 0 aliphatic rings. The molecular weight excluding hydrogens is 484 g/mol. The first kappa shape index (κ1) is 25.0. The van der Waals surface area contributed by atoms with Gasteiger partial charge in [0.15, 0.2) is 0 Å². The average molecular weight is 484 g/mol. The number of alkyl halides is 14. The molecule has 0 aliphatic carbocycles. The summed E-state index contributed by atoms with van der Waals surface area (Å²) in [6, 6.07) is -5.08. The molecule has 1 rings (SSSR count). The maximum Gasteiger partial charge on any atom is 0.470 e. The van der Waals surface area contributed by atoms with Gasteiger partial charge in [-0.25, -0.2) is 0 Å². The van der Waals surface area contributed by atoms with Gasteiger partial charge < -0.3 is 9.47 Å². The van der Waals surface area contributed by atoms with E-state index in [9.17, 15) is 61.5 Å². The lowest BCUT2D eigenvalue weighted by atomic mass is 10.3. The Morgan fingerprint density at radius 2 is 0.724 bits per heavy atom. The number of nitrogens with zero attached hydrogens (tertiary/aromatic N) is 3. The highest BCUT2D eigenvalue weighted by Gasteiger charge is 2.77. The van der Waals surface area contributed by atoms with Gasteiger partial charge in [0.2, 0.25) is 5.28 Å². The molecule has 0 radical (unpaired) electrons. The van der Waals surface area contributed by atoms with E-state index < -0.39 is 53.7 Å². The smallest absolute Gasteiger partial charge is 0.410 e. The third-order valence-electron chi connectivity index (χ3n) is 2.49. The highest BCUT2D eigenvalue weighted by molar-refractivity contribution is 6.28. The normalized spacial score (nSPS) is 14.7. The van der Waals surface area contributed by atoms with Gasteiger partial charge in [0.05, 0.1) is 0 Å². The van der Waals surface area contributed by atoms with Crippen molar-refractivity contribution in [2.75, 3.05) is 0 Å². The molecule has 0 bridgehead atoms. The third kappa shape index (κ3) is 4.74. The predicted molar refractivity (Wildman–Crippen MR) is 58.0 cm³/mol. The Morgan fingerprint density at radius 3 is 0.931 bits per heavy atom. The van der Waals surface area contributed by atoms with Gasteiger partial charge in [-0.15, -0.1) is 4.98 Å². The number of rotatable bonds is 4. The molecular formula is C9ClF14N3O2. The van der Waals surface area contributed by atoms with Crippen molar-refractivity contribution in [2.24, 2.45) is 0 Å². The number of hydrogen-bond donors (Lipinski definition) is 0. The fourth-order valence-electron chi connectivity index (χ4n) is 1.21. The maximum absolute atomic E-state index is 13.4. The van der Waals surface area contributed by atoms with Crippen molar-refractivity contribution in [3.8, 4) is 12.0 Å². The van der Waals surface area contributed by atoms with E-state index in [-0.39, 0.29) is 0 Å². The van der Waals surface area contributed by atoms with E-state index in [0.717, 1.165) is 0 Å². The highest BCUT2D eigenvalue weighted by atomic mass is 35.5. The first-order valence-electron chi connectivity index (χ1n) is 5.99. The van der Waals surface area contributed by atoms with Gasteiger partial charge in [-0.3, -0.25) is 0 Å². The Balaban J connectivity index is 3.46. The van der Waals surface area contributed by atoms with Crippen LogP contribution in [0.2, 0.25) is 5.28 Å². The van der Waals surface area contributed by atoms with E-state index in [1.54, 1.807) is 0 Å². The molecule has 0 saturated heterocycles. The van der Waals surface area contributed by atoms with Crippen molar-refractivity contribution < 1.29 is 70.9 Å². The standard InChI is InChI=1S/C9ClF14N3O2/c10-1-25-2(28-4(11,6(13,14)15)7(16,17)18)27-3(26-1)29-5(12,8(19,20)21)9(22,23)24. The minimum atomic E-state index is -6.90. The van der Waals surface area contributed by atoms with Crippen molar-refractivity contribution in [1.29, 1.82) is 0 Å². The van der Waals surface area contributed by atoms with Gasteiger partial charge in [0, 0.05) is 0 Å². The molecule has 0 aliphatic heterocycles. The summed E-state index contributed by atoms with van der Waals surface area (Å²) >= 11 is 4.87. The Morgan fingerprint density at radius 1 is 0.483 bits per heavy atom. The van der Waals surface area contributed by atoms with Crippen LogP contribution in [0.5, 0.6) is 12.0 Å². The van der Waals surface area contributed by atoms with E-state index in [2.05, 4.69) is 19.4 Å². The topological polar surface area (TPSA) is 57.1 Å². The van der Waals surface area contributed by atoms with Crippen LogP contribution in [-0.2, 0) is 0 Å². The Labute approximate surface area is 152 Å². The fraction of sp³-hybridized carbons (Fsp3) is 0.667. The lowest BCUT2D eigenvalue weighted by molar-refractivity contribution is -0.409. The Bertz CT molecular complexity index is 656. The maximum atomic E-state index is 13.4. The summed E-state index contributed by atoms with van der Waals surface area (Å²) in [5, 5.41) is -1.75. The second kappa shape index (κ2) is 7.01. The summed E-state index contributed by atoms with van der Waals surface area (Å²) in [7, 11) is 0. The lowest BCUT2D eigenvalue weighted by Gasteiger charge is -2.30. The molecule has 1 aromatic heterocycles. The summed E-state index contributed by atoms with van der Waals surface area (Å²) < 4.78 is 181. The molecule has 0 spiro atoms. The van der Waals surface area contributed by atoms with Gasteiger partial charge in [-0.05, 0) is 11.6 Å². The van der Waals surface area contributed by atoms with Gasteiger partial charge in [0.1, 0.15) is 0 Å². The molecule has 1 heterocycles. The minimum Gasteiger partial charge on any atom is -0.410 e. The quantitative estimate of drug-likeness (QED) is 0.573. The summed E-state index contributed by atoms with van der Waals surface area (Å²) in [5.41, 5.74) is 0. The molecule has 20 heteroatoms. The molecule has 0 fully saturated rings. The lowest BCUT2D eigenvalue weighted by Crippen LogP contribution is -2.58. The molecule has 0 N–H and O–H groups in total. The van der Waals surface area contributed by atoms with Gasteiger partial charge in [-0.1, -0.05) is 0 Å². The van der Waals surface area contributed by atoms with Crippen LogP contribution in [0.15, 0.2) is 0 Å². The zero-order valence-electron chi connectivity index (χ0n) is 12.3. The molecule has 0 atom stereocenters. The van der Waals surface area contributed by atoms with Crippen molar-refractivity contribution in [3.05, 3.63) is 5.28 Å². The molecule has 5 nitrogen and oxygen atoms in total. The largest absolute Gasteiger partial charge is 0.470 e. The van der Waals surface area contributed by atoms with Gasteiger partial charge in [-0.2, -0.15) is 71.4 Å². The second-order valence-corrected chi connectivity index (χ2v) is 4.89. The molecule has 0 amide bonds. The van der Waals surface area contributed by atoms with Crippen LogP contribution in [0.3, 0.4) is 0 Å². The first-order valence-corrected chi connectivity index (χ1v) is 6.37. The zero-order chi connectivity index (χ0) is 23.3. The van der Waals surface area contributed by atoms with E-state index in [1.165, 1.54) is 0 Å². The SMILES string of the molecule is FC(F)(F)C(F)(Oc1nc(Cl)nc(OC(F)(C(F)(F)F)C(F)(F)F)n1)C(F)(F)F. The van der Waals surface area contributed by atoms with Crippen LogP contribution >= 0.6 is 11.6 Å². The van der Waals surface area contributed by atoms with Crippen molar-refractivity contribution >= 4 is 11.6 Å². The van der Waals surface area contributed by atoms with Crippen LogP contribution in [0.25, 0.3) is 0 Å². The molecule has 168 valence electrons. The number of hydrogen-bond acceptors (Lipinski definition) is 5. The average Bonchev–Trinajstić information content (AvgIpc) is 2.41. The van der Waals surface area contributed by atoms with Crippen LogP contribution in [0, 0.1) is 0 Å². The van der Waals surface area contributed by atoms with E-state index in [4.69, 9.17) is 11.6 Å². The van der Waals surface area contributed by atoms with E-state index in [0.29, 0.717) is 0 Å². The molecule has 0 aromatic carbocycles. The predicted octanol–water partition coefficient (Wildman–Crippen LogP) is 4.86. The van der Waals surface area contributed by atoms with Crippen molar-refractivity contribution in [3.63, 3.8) is 0 Å². The van der Waals surface area contributed by atoms with Crippen LogP contribution < -0.4 is 9.47 Å². The minimum absolute atomic E-state index is 1.75. The Kier molecular flexibility index (Phi) is 6.03. The zero-order valence-corrected chi connectivity index (χ0v) is 13.1. The van der Waals surface area contributed by atoms with Crippen molar-refractivity contribution in [2.45, 2.75) is 36.4 Å². The number of halogens is 15. The van der Waals surface area contributed by atoms with Crippen LogP contribution in [0.1, 0.15) is 0 Å². The van der Waals surface area contributed by atoms with Crippen molar-refractivity contribution in [1.82, 2.24) is 15.0 Å². The molecule has 0 saturated carbocycles. The second-order valence-electron chi connectivity index (χ2n) is 4.56. The molecule has 1 aromatic rings. The summed E-state index contributed by atoms with van der Waals surface area (Å²) in [5.74, 6) is -13.2. The van der Waals surface area contributed by atoms with Crippen LogP contribution in [0.4, 0.5) is 61.5 Å². The van der Waals surface area contributed by atoms with Gasteiger partial charge in [0.25, 0.3) is 0 Å². The number of ether oxygens (including phenoxy) is 2. The monoisotopic (exact) mass is 483 g/mol.